The zero-order chi connectivity index (χ0) is 20.6. The van der Waals surface area contributed by atoms with E-state index in [4.69, 9.17) is 0 Å². The van der Waals surface area contributed by atoms with Crippen LogP contribution in [0.4, 0.5) is 0 Å². The molecule has 0 aliphatic heterocycles. The lowest BCUT2D eigenvalue weighted by Crippen LogP contribution is -1.91. The third-order valence-electron chi connectivity index (χ3n) is 5.88. The van der Waals surface area contributed by atoms with E-state index in [2.05, 4.69) is 137 Å². The average Bonchev–Trinajstić information content (AvgIpc) is 3.24. The summed E-state index contributed by atoms with van der Waals surface area (Å²) in [6.07, 6.45) is 0. The summed E-state index contributed by atoms with van der Waals surface area (Å²) in [5, 5.41) is 0. The van der Waals surface area contributed by atoms with Crippen molar-refractivity contribution in [3.05, 3.63) is 113 Å². The lowest BCUT2D eigenvalue weighted by molar-refractivity contribution is 1.58. The van der Waals surface area contributed by atoms with E-state index in [9.17, 15) is 0 Å². The van der Waals surface area contributed by atoms with Gasteiger partial charge in [-0.3, -0.25) is 0 Å². The summed E-state index contributed by atoms with van der Waals surface area (Å²) < 4.78 is 4.47. The van der Waals surface area contributed by atoms with Crippen molar-refractivity contribution in [1.29, 1.82) is 0 Å². The van der Waals surface area contributed by atoms with Gasteiger partial charge in [-0.15, -0.1) is 0 Å². The third-order valence-corrected chi connectivity index (χ3v) is 8.53. The Kier molecular flexibility index (Phi) is 4.51. The quantitative estimate of drug-likeness (QED) is 0.155. The Bertz CT molecular complexity index is 1210. The summed E-state index contributed by atoms with van der Waals surface area (Å²) in [4.78, 5) is 0. The maximum Gasteiger partial charge on any atom is 0.0260 e. The largest absolute Gasteiger partial charge is 0.0605 e. The molecule has 144 valence electrons. The molecule has 2 aliphatic carbocycles. The molecule has 0 unspecified atom stereocenters. The zero-order valence-electron chi connectivity index (χ0n) is 15.4. The lowest BCUT2D eigenvalue weighted by atomic mass is 9.92. The topological polar surface area (TPSA) is 0 Å². The summed E-state index contributed by atoms with van der Waals surface area (Å²) in [5.74, 6) is 0. The Morgan fingerprint density at radius 2 is 0.567 bits per heavy atom. The minimum absolute atomic E-state index is 1.12. The summed E-state index contributed by atoms with van der Waals surface area (Å²) >= 11 is 15.3. The molecule has 4 aromatic carbocycles. The molecule has 4 aromatic rings. The van der Waals surface area contributed by atoms with Crippen molar-refractivity contribution in [3.63, 3.8) is 0 Å². The fourth-order valence-electron chi connectivity index (χ4n) is 4.78. The van der Waals surface area contributed by atoms with Crippen LogP contribution in [0.2, 0.25) is 0 Å². The van der Waals surface area contributed by atoms with Crippen LogP contribution in [0.1, 0.15) is 22.3 Å². The Morgan fingerprint density at radius 1 is 0.333 bits per heavy atom. The highest BCUT2D eigenvalue weighted by Crippen LogP contribution is 2.58. The molecule has 0 nitrogen and oxygen atoms in total. The van der Waals surface area contributed by atoms with Gasteiger partial charge < -0.3 is 0 Å². The van der Waals surface area contributed by atoms with Crippen LogP contribution in [-0.2, 0) is 0 Å². The van der Waals surface area contributed by atoms with Crippen LogP contribution in [0.5, 0.6) is 0 Å². The zero-order valence-corrected chi connectivity index (χ0v) is 21.8. The maximum atomic E-state index is 3.82. The van der Waals surface area contributed by atoms with Gasteiger partial charge in [-0.05, 0) is 57.7 Å². The number of benzene rings is 4. The highest BCUT2D eigenvalue weighted by Gasteiger charge is 2.35. The monoisotopic (exact) mass is 640 g/mol. The van der Waals surface area contributed by atoms with E-state index in [1.165, 1.54) is 55.7 Å². The molecule has 0 N–H and O–H groups in total. The first kappa shape index (κ1) is 19.2. The van der Waals surface area contributed by atoms with Crippen LogP contribution in [0, 0.1) is 0 Å². The van der Waals surface area contributed by atoms with Gasteiger partial charge in [-0.1, -0.05) is 112 Å². The van der Waals surface area contributed by atoms with Gasteiger partial charge >= 0.3 is 0 Å². The van der Waals surface area contributed by atoms with Crippen molar-refractivity contribution >= 4 is 74.9 Å². The number of hydrogen-bond acceptors (Lipinski definition) is 0. The van der Waals surface area contributed by atoms with Gasteiger partial charge in [0.15, 0.2) is 0 Å². The van der Waals surface area contributed by atoms with Crippen LogP contribution in [0.15, 0.2) is 90.7 Å². The minimum Gasteiger partial charge on any atom is -0.0605 e. The SMILES string of the molecule is Brc1cccc2c1-c1c(Br)cccc1C2=C1c2cccc(Br)c2-c2c(Br)cccc21. The Morgan fingerprint density at radius 3 is 0.800 bits per heavy atom. The first-order valence-electron chi connectivity index (χ1n) is 9.48. The highest BCUT2D eigenvalue weighted by atomic mass is 79.9. The van der Waals surface area contributed by atoms with Gasteiger partial charge in [0.05, 0.1) is 0 Å². The average molecular weight is 644 g/mol. The second kappa shape index (κ2) is 7.03. The summed E-state index contributed by atoms with van der Waals surface area (Å²) in [6, 6.07) is 26.0. The van der Waals surface area contributed by atoms with Crippen LogP contribution in [0.3, 0.4) is 0 Å². The predicted octanol–water partition coefficient (Wildman–Crippen LogP) is 9.70. The van der Waals surface area contributed by atoms with E-state index in [1.807, 2.05) is 0 Å². The van der Waals surface area contributed by atoms with Crippen molar-refractivity contribution in [2.75, 3.05) is 0 Å². The molecule has 0 saturated carbocycles. The lowest BCUT2D eigenvalue weighted by Gasteiger charge is -2.12. The van der Waals surface area contributed by atoms with Gasteiger partial charge in [-0.2, -0.15) is 0 Å². The van der Waals surface area contributed by atoms with E-state index >= 15 is 0 Å². The normalized spacial score (nSPS) is 13.2. The number of halogens is 4. The van der Waals surface area contributed by atoms with Crippen molar-refractivity contribution in [2.45, 2.75) is 0 Å². The third kappa shape index (κ3) is 2.54. The number of rotatable bonds is 0. The maximum absolute atomic E-state index is 3.82. The standard InChI is InChI=1S/C26H12Br4/c27-17-9-1-5-13-21(14-6-2-10-18(28)24(14)23(13)17)22-15-7-3-11-19(29)25(15)26-16(22)8-4-12-20(26)30/h1-12H. The smallest absolute Gasteiger partial charge is 0.0260 e. The molecule has 2 aliphatic rings. The molecule has 6 rings (SSSR count). The minimum atomic E-state index is 1.12. The fourth-order valence-corrected chi connectivity index (χ4v) is 7.03. The fraction of sp³-hybridized carbons (Fsp3) is 0. The molecule has 30 heavy (non-hydrogen) atoms. The number of hydrogen-bond donors (Lipinski definition) is 0. The molecule has 0 aromatic heterocycles. The van der Waals surface area contributed by atoms with Gasteiger partial charge in [0.25, 0.3) is 0 Å². The first-order valence-corrected chi connectivity index (χ1v) is 12.7. The van der Waals surface area contributed by atoms with E-state index in [1.54, 1.807) is 0 Å². The Balaban J connectivity index is 1.86. The molecule has 0 saturated heterocycles. The van der Waals surface area contributed by atoms with E-state index in [0.717, 1.165) is 17.9 Å². The molecule has 0 atom stereocenters. The highest BCUT2D eigenvalue weighted by molar-refractivity contribution is 9.11. The van der Waals surface area contributed by atoms with Crippen molar-refractivity contribution in [2.24, 2.45) is 0 Å². The summed E-state index contributed by atoms with van der Waals surface area (Å²) in [6.45, 7) is 0. The van der Waals surface area contributed by atoms with Crippen molar-refractivity contribution in [3.8, 4) is 22.3 Å². The van der Waals surface area contributed by atoms with Crippen molar-refractivity contribution < 1.29 is 0 Å². The van der Waals surface area contributed by atoms with Crippen LogP contribution >= 0.6 is 63.7 Å². The first-order chi connectivity index (χ1) is 14.6. The number of fused-ring (bicyclic) bond motifs is 6. The predicted molar refractivity (Wildman–Crippen MR) is 140 cm³/mol. The summed E-state index contributed by atoms with van der Waals surface area (Å²) in [5.41, 5.74) is 12.6. The van der Waals surface area contributed by atoms with Crippen LogP contribution < -0.4 is 0 Å². The van der Waals surface area contributed by atoms with E-state index < -0.39 is 0 Å². The second-order valence-corrected chi connectivity index (χ2v) is 10.8. The van der Waals surface area contributed by atoms with E-state index in [-0.39, 0.29) is 0 Å². The van der Waals surface area contributed by atoms with Crippen LogP contribution in [0.25, 0.3) is 33.4 Å². The van der Waals surface area contributed by atoms with Gasteiger partial charge in [0, 0.05) is 40.1 Å². The molecule has 0 fully saturated rings. The van der Waals surface area contributed by atoms with Gasteiger partial charge in [-0.25, -0.2) is 0 Å². The molecule has 0 bridgehead atoms. The Hall–Kier alpha value is -1.46. The molecular formula is C26H12Br4. The molecular weight excluding hydrogens is 632 g/mol. The molecule has 0 amide bonds. The summed E-state index contributed by atoms with van der Waals surface area (Å²) in [7, 11) is 0. The van der Waals surface area contributed by atoms with E-state index in [0.29, 0.717) is 0 Å². The molecule has 0 radical (unpaired) electrons. The Labute approximate surface area is 208 Å². The van der Waals surface area contributed by atoms with Gasteiger partial charge in [0.1, 0.15) is 0 Å². The second-order valence-electron chi connectivity index (χ2n) is 7.40. The van der Waals surface area contributed by atoms with Crippen LogP contribution in [-0.4, -0.2) is 0 Å². The molecule has 0 heterocycles. The van der Waals surface area contributed by atoms with Gasteiger partial charge in [0.2, 0.25) is 0 Å². The molecule has 0 spiro atoms. The molecule has 4 heteroatoms. The van der Waals surface area contributed by atoms with Crippen molar-refractivity contribution in [1.82, 2.24) is 0 Å².